The summed E-state index contributed by atoms with van der Waals surface area (Å²) >= 11 is 3.46. The van der Waals surface area contributed by atoms with E-state index in [0.29, 0.717) is 25.3 Å². The lowest BCUT2D eigenvalue weighted by molar-refractivity contribution is 0.0930. The fourth-order valence-corrected chi connectivity index (χ4v) is 2.70. The highest BCUT2D eigenvalue weighted by molar-refractivity contribution is 9.10. The van der Waals surface area contributed by atoms with Gasteiger partial charge in [0.15, 0.2) is 0 Å². The van der Waals surface area contributed by atoms with E-state index in [2.05, 4.69) is 26.2 Å². The molecule has 5 nitrogen and oxygen atoms in total. The lowest BCUT2D eigenvalue weighted by atomic mass is 10.2. The van der Waals surface area contributed by atoms with Crippen molar-refractivity contribution in [1.82, 2.24) is 14.7 Å². The molecule has 0 fully saturated rings. The zero-order valence-electron chi connectivity index (χ0n) is 11.9. The zero-order chi connectivity index (χ0) is 14.7. The minimum atomic E-state index is -0.121. The molecule has 0 spiro atoms. The number of ether oxygens (including phenoxy) is 1. The third-order valence-corrected chi connectivity index (χ3v) is 3.52. The summed E-state index contributed by atoms with van der Waals surface area (Å²) in [6.07, 6.45) is 2.59. The fraction of sp³-hybridized carbons (Fsp3) is 0.429. The maximum absolute atomic E-state index is 12.4. The van der Waals surface area contributed by atoms with E-state index in [-0.39, 0.29) is 5.91 Å². The fourth-order valence-electron chi connectivity index (χ4n) is 2.15. The maximum atomic E-state index is 12.4. The van der Waals surface area contributed by atoms with Gasteiger partial charge >= 0.3 is 0 Å². The van der Waals surface area contributed by atoms with Gasteiger partial charge in [-0.1, -0.05) is 6.92 Å². The SMILES string of the molecule is CCc1nc2c(C)cc(Br)cn2c1C(=O)NCCOC. The summed E-state index contributed by atoms with van der Waals surface area (Å²) in [4.78, 5) is 16.9. The minimum absolute atomic E-state index is 0.121. The predicted octanol–water partition coefficient (Wildman–Crippen LogP) is 2.34. The van der Waals surface area contributed by atoms with Crippen LogP contribution in [0.15, 0.2) is 16.7 Å². The quantitative estimate of drug-likeness (QED) is 0.850. The number of aromatic nitrogens is 2. The van der Waals surface area contributed by atoms with Crippen LogP contribution in [0.2, 0.25) is 0 Å². The first-order valence-electron chi connectivity index (χ1n) is 6.52. The standard InChI is InChI=1S/C14H18BrN3O2/c1-4-11-12(14(19)16-5-6-20-3)18-8-10(15)7-9(2)13(18)17-11/h7-8H,4-6H2,1-3H3,(H,16,19). The summed E-state index contributed by atoms with van der Waals surface area (Å²) in [7, 11) is 1.61. The molecule has 2 aromatic rings. The number of fused-ring (bicyclic) bond motifs is 1. The van der Waals surface area contributed by atoms with Crippen LogP contribution >= 0.6 is 15.9 Å². The van der Waals surface area contributed by atoms with E-state index in [0.717, 1.165) is 21.4 Å². The average Bonchev–Trinajstić information content (AvgIpc) is 2.77. The highest BCUT2D eigenvalue weighted by atomic mass is 79.9. The van der Waals surface area contributed by atoms with Crippen LogP contribution < -0.4 is 5.32 Å². The van der Waals surface area contributed by atoms with E-state index < -0.39 is 0 Å². The normalized spacial score (nSPS) is 11.0. The molecule has 2 aromatic heterocycles. The average molecular weight is 340 g/mol. The molecular formula is C14H18BrN3O2. The third-order valence-electron chi connectivity index (χ3n) is 3.08. The molecule has 0 aromatic carbocycles. The Balaban J connectivity index is 2.47. The van der Waals surface area contributed by atoms with E-state index >= 15 is 0 Å². The maximum Gasteiger partial charge on any atom is 0.270 e. The number of imidazole rings is 1. The molecule has 0 aliphatic heterocycles. The first-order valence-corrected chi connectivity index (χ1v) is 7.32. The molecule has 0 saturated heterocycles. The minimum Gasteiger partial charge on any atom is -0.383 e. The Bertz CT molecular complexity index is 637. The second kappa shape index (κ2) is 6.37. The van der Waals surface area contributed by atoms with Gasteiger partial charge in [0.25, 0.3) is 5.91 Å². The van der Waals surface area contributed by atoms with Gasteiger partial charge in [0.05, 0.1) is 12.3 Å². The molecule has 0 unspecified atom stereocenters. The van der Waals surface area contributed by atoms with Crippen molar-refractivity contribution in [3.63, 3.8) is 0 Å². The third kappa shape index (κ3) is 2.86. The van der Waals surface area contributed by atoms with E-state index in [1.54, 1.807) is 7.11 Å². The molecule has 0 aliphatic rings. The number of nitrogens with one attached hydrogen (secondary N) is 1. The van der Waals surface area contributed by atoms with Crippen LogP contribution in [0.25, 0.3) is 5.65 Å². The Hall–Kier alpha value is -1.40. The van der Waals surface area contributed by atoms with Crippen molar-refractivity contribution in [2.45, 2.75) is 20.3 Å². The highest BCUT2D eigenvalue weighted by Gasteiger charge is 2.19. The van der Waals surface area contributed by atoms with Gasteiger partial charge in [-0.3, -0.25) is 9.20 Å². The van der Waals surface area contributed by atoms with Gasteiger partial charge in [0.2, 0.25) is 0 Å². The van der Waals surface area contributed by atoms with Crippen LogP contribution in [-0.4, -0.2) is 35.6 Å². The molecule has 108 valence electrons. The van der Waals surface area contributed by atoms with Gasteiger partial charge in [0, 0.05) is 24.3 Å². The number of hydrogen-bond acceptors (Lipinski definition) is 3. The first kappa shape index (κ1) is 15.0. The molecule has 0 aliphatic carbocycles. The Morgan fingerprint density at radius 2 is 2.30 bits per heavy atom. The largest absolute Gasteiger partial charge is 0.383 e. The van der Waals surface area contributed by atoms with Gasteiger partial charge in [-0.2, -0.15) is 0 Å². The second-order valence-corrected chi connectivity index (χ2v) is 5.46. The summed E-state index contributed by atoms with van der Waals surface area (Å²) in [5.74, 6) is -0.121. The number of amides is 1. The van der Waals surface area contributed by atoms with Gasteiger partial charge < -0.3 is 10.1 Å². The Morgan fingerprint density at radius 3 is 2.95 bits per heavy atom. The van der Waals surface area contributed by atoms with Crippen molar-refractivity contribution < 1.29 is 9.53 Å². The number of hydrogen-bond donors (Lipinski definition) is 1. The van der Waals surface area contributed by atoms with Crippen LogP contribution in [0.4, 0.5) is 0 Å². The van der Waals surface area contributed by atoms with E-state index in [9.17, 15) is 4.79 Å². The summed E-state index contributed by atoms with van der Waals surface area (Å²) in [5.41, 5.74) is 3.26. The topological polar surface area (TPSA) is 55.6 Å². The Morgan fingerprint density at radius 1 is 1.55 bits per heavy atom. The first-order chi connectivity index (χ1) is 9.58. The zero-order valence-corrected chi connectivity index (χ0v) is 13.5. The number of pyridine rings is 1. The summed E-state index contributed by atoms with van der Waals surface area (Å²) in [6, 6.07) is 1.99. The molecule has 2 rings (SSSR count). The monoisotopic (exact) mass is 339 g/mol. The molecule has 1 N–H and O–H groups in total. The molecule has 0 atom stereocenters. The molecular weight excluding hydrogens is 322 g/mol. The number of nitrogens with zero attached hydrogens (tertiary/aromatic N) is 2. The van der Waals surface area contributed by atoms with Crippen molar-refractivity contribution in [3.05, 3.63) is 33.7 Å². The highest BCUT2D eigenvalue weighted by Crippen LogP contribution is 2.21. The second-order valence-electron chi connectivity index (χ2n) is 4.54. The Kier molecular flexibility index (Phi) is 4.77. The summed E-state index contributed by atoms with van der Waals surface area (Å²) < 4.78 is 7.72. The summed E-state index contributed by atoms with van der Waals surface area (Å²) in [6.45, 7) is 4.96. The van der Waals surface area contributed by atoms with Crippen molar-refractivity contribution in [1.29, 1.82) is 0 Å². The number of methoxy groups -OCH3 is 1. The van der Waals surface area contributed by atoms with Crippen LogP contribution in [0.3, 0.4) is 0 Å². The lowest BCUT2D eigenvalue weighted by Crippen LogP contribution is -2.28. The van der Waals surface area contributed by atoms with E-state index in [1.807, 2.05) is 30.5 Å². The number of carbonyl (C=O) groups is 1. The number of aryl methyl sites for hydroxylation is 2. The van der Waals surface area contributed by atoms with Crippen molar-refractivity contribution in [2.75, 3.05) is 20.3 Å². The smallest absolute Gasteiger partial charge is 0.270 e. The van der Waals surface area contributed by atoms with Crippen LogP contribution in [0, 0.1) is 6.92 Å². The summed E-state index contributed by atoms with van der Waals surface area (Å²) in [5, 5.41) is 2.85. The molecule has 0 bridgehead atoms. The van der Waals surface area contributed by atoms with Gasteiger partial charge in [-0.15, -0.1) is 0 Å². The van der Waals surface area contributed by atoms with Crippen molar-refractivity contribution in [2.24, 2.45) is 0 Å². The van der Waals surface area contributed by atoms with E-state index in [1.165, 1.54) is 0 Å². The number of rotatable bonds is 5. The lowest BCUT2D eigenvalue weighted by Gasteiger charge is -2.07. The van der Waals surface area contributed by atoms with Crippen LogP contribution in [0.5, 0.6) is 0 Å². The predicted molar refractivity (Wildman–Crippen MR) is 81.2 cm³/mol. The van der Waals surface area contributed by atoms with Gasteiger partial charge in [-0.05, 0) is 40.9 Å². The van der Waals surface area contributed by atoms with E-state index in [4.69, 9.17) is 4.74 Å². The van der Waals surface area contributed by atoms with Crippen LogP contribution in [-0.2, 0) is 11.2 Å². The molecule has 1 amide bonds. The van der Waals surface area contributed by atoms with Gasteiger partial charge in [0.1, 0.15) is 11.3 Å². The molecule has 2 heterocycles. The van der Waals surface area contributed by atoms with Crippen molar-refractivity contribution >= 4 is 27.5 Å². The molecule has 0 saturated carbocycles. The van der Waals surface area contributed by atoms with Crippen molar-refractivity contribution in [3.8, 4) is 0 Å². The van der Waals surface area contributed by atoms with Gasteiger partial charge in [-0.25, -0.2) is 4.98 Å². The number of carbonyl (C=O) groups excluding carboxylic acids is 1. The molecule has 6 heteroatoms. The number of halogens is 1. The molecule has 20 heavy (non-hydrogen) atoms. The Labute approximate surface area is 126 Å². The molecule has 0 radical (unpaired) electrons. The van der Waals surface area contributed by atoms with Crippen LogP contribution in [0.1, 0.15) is 28.7 Å².